The SMILES string of the molecule is c1ccc(-c2nc3ccccc3n2-c2ccc3oc4ccc(-c5ccc6oc7ccc(-n8c(-c9ccccc9)nc9ccccc98)cc7c6c5)cc4c3c2)cc1. The second kappa shape index (κ2) is 11.9. The molecule has 0 atom stereocenters. The van der Waals surface area contributed by atoms with Gasteiger partial charge < -0.3 is 8.83 Å². The molecule has 4 aromatic heterocycles. The van der Waals surface area contributed by atoms with Gasteiger partial charge in [-0.3, -0.25) is 9.13 Å². The van der Waals surface area contributed by atoms with Crippen LogP contribution in [0.1, 0.15) is 0 Å². The number of benzene rings is 8. The number of hydrogen-bond donors (Lipinski definition) is 0. The van der Waals surface area contributed by atoms with Gasteiger partial charge in [-0.1, -0.05) is 97.1 Å². The molecule has 4 heterocycles. The summed E-state index contributed by atoms with van der Waals surface area (Å²) >= 11 is 0. The zero-order valence-corrected chi connectivity index (χ0v) is 29.9. The molecule has 0 saturated heterocycles. The molecule has 0 saturated carbocycles. The lowest BCUT2D eigenvalue weighted by molar-refractivity contribution is 0.668. The maximum Gasteiger partial charge on any atom is 0.145 e. The number of imidazole rings is 2. The monoisotopic (exact) mass is 718 g/mol. The van der Waals surface area contributed by atoms with E-state index < -0.39 is 0 Å². The third kappa shape index (κ3) is 4.69. The molecule has 12 aromatic rings. The first-order valence-corrected chi connectivity index (χ1v) is 18.7. The molecule has 12 rings (SSSR count). The molecule has 6 heteroatoms. The summed E-state index contributed by atoms with van der Waals surface area (Å²) in [7, 11) is 0. The first-order valence-electron chi connectivity index (χ1n) is 18.7. The van der Waals surface area contributed by atoms with Crippen molar-refractivity contribution in [1.82, 2.24) is 19.1 Å². The van der Waals surface area contributed by atoms with Crippen molar-refractivity contribution in [2.24, 2.45) is 0 Å². The molecule has 0 bridgehead atoms. The molecule has 262 valence electrons. The maximum atomic E-state index is 6.41. The van der Waals surface area contributed by atoms with Gasteiger partial charge in [0.1, 0.15) is 34.0 Å². The van der Waals surface area contributed by atoms with Gasteiger partial charge >= 0.3 is 0 Å². The Bertz CT molecular complexity index is 3250. The summed E-state index contributed by atoms with van der Waals surface area (Å²) in [5.41, 5.74) is 13.8. The van der Waals surface area contributed by atoms with Crippen molar-refractivity contribution in [3.05, 3.63) is 182 Å². The van der Waals surface area contributed by atoms with Gasteiger partial charge in [-0.25, -0.2) is 9.97 Å². The van der Waals surface area contributed by atoms with Crippen LogP contribution in [0.3, 0.4) is 0 Å². The van der Waals surface area contributed by atoms with Crippen LogP contribution in [-0.4, -0.2) is 19.1 Å². The third-order valence-electron chi connectivity index (χ3n) is 10.9. The number of aromatic nitrogens is 4. The van der Waals surface area contributed by atoms with E-state index >= 15 is 0 Å². The quantitative estimate of drug-likeness (QED) is 0.178. The molecule has 0 spiro atoms. The first-order chi connectivity index (χ1) is 27.7. The molecule has 0 unspecified atom stereocenters. The summed E-state index contributed by atoms with van der Waals surface area (Å²) in [6.07, 6.45) is 0. The molecule has 0 amide bonds. The number of hydrogen-bond acceptors (Lipinski definition) is 4. The normalized spacial score (nSPS) is 11.9. The summed E-state index contributed by atoms with van der Waals surface area (Å²) in [5, 5.41) is 4.23. The van der Waals surface area contributed by atoms with E-state index in [9.17, 15) is 0 Å². The first kappa shape index (κ1) is 30.7. The van der Waals surface area contributed by atoms with Gasteiger partial charge in [0.15, 0.2) is 0 Å². The molecule has 0 N–H and O–H groups in total. The second-order valence-corrected chi connectivity index (χ2v) is 14.2. The van der Waals surface area contributed by atoms with E-state index in [1.54, 1.807) is 0 Å². The Balaban J connectivity index is 0.995. The van der Waals surface area contributed by atoms with E-state index in [4.69, 9.17) is 18.8 Å². The summed E-state index contributed by atoms with van der Waals surface area (Å²) in [6, 6.07) is 63.1. The second-order valence-electron chi connectivity index (χ2n) is 14.2. The summed E-state index contributed by atoms with van der Waals surface area (Å²) in [4.78, 5) is 10.1. The minimum absolute atomic E-state index is 0.845. The van der Waals surface area contributed by atoms with Gasteiger partial charge in [-0.15, -0.1) is 0 Å². The number of rotatable bonds is 5. The highest BCUT2D eigenvalue weighted by atomic mass is 16.3. The van der Waals surface area contributed by atoms with Crippen LogP contribution >= 0.6 is 0 Å². The average Bonchev–Trinajstić information content (AvgIpc) is 4.03. The topological polar surface area (TPSA) is 61.9 Å². The standard InChI is InChI=1S/C50H30N4O2/c1-3-11-31(12-4-1)49-51-41-15-7-9-17-43(41)53(49)35-21-25-47-39(29-35)37-27-33(19-23-45(37)55-47)34-20-24-46-38(28-34)40-30-36(22-26-48(40)56-46)54-44-18-10-8-16-42(44)52-50(54)32-13-5-2-6-14-32/h1-30H. The average molecular weight is 719 g/mol. The molecule has 0 fully saturated rings. The van der Waals surface area contributed by atoms with Gasteiger partial charge in [0, 0.05) is 44.0 Å². The zero-order chi connectivity index (χ0) is 36.7. The van der Waals surface area contributed by atoms with Gasteiger partial charge in [0.2, 0.25) is 0 Å². The molecule has 0 radical (unpaired) electrons. The van der Waals surface area contributed by atoms with Crippen LogP contribution in [0.2, 0.25) is 0 Å². The molecule has 8 aromatic carbocycles. The number of para-hydroxylation sites is 4. The van der Waals surface area contributed by atoms with Crippen LogP contribution in [0.4, 0.5) is 0 Å². The number of furan rings is 2. The number of fused-ring (bicyclic) bond motifs is 8. The lowest BCUT2D eigenvalue weighted by Gasteiger charge is -2.10. The van der Waals surface area contributed by atoms with Crippen molar-refractivity contribution in [3.8, 4) is 45.3 Å². The van der Waals surface area contributed by atoms with Crippen LogP contribution in [0.25, 0.3) is 111 Å². The van der Waals surface area contributed by atoms with Crippen molar-refractivity contribution in [1.29, 1.82) is 0 Å². The molecule has 0 aliphatic carbocycles. The van der Waals surface area contributed by atoms with E-state index in [0.717, 1.165) is 111 Å². The van der Waals surface area contributed by atoms with E-state index in [1.807, 2.05) is 24.3 Å². The van der Waals surface area contributed by atoms with Crippen LogP contribution in [-0.2, 0) is 0 Å². The van der Waals surface area contributed by atoms with Crippen LogP contribution in [0, 0.1) is 0 Å². The van der Waals surface area contributed by atoms with Gasteiger partial charge in [0.25, 0.3) is 0 Å². The van der Waals surface area contributed by atoms with Crippen molar-refractivity contribution in [3.63, 3.8) is 0 Å². The molecular formula is C50H30N4O2. The fourth-order valence-corrected chi connectivity index (χ4v) is 8.30. The van der Waals surface area contributed by atoms with Gasteiger partial charge in [0.05, 0.1) is 22.1 Å². The smallest absolute Gasteiger partial charge is 0.145 e. The minimum atomic E-state index is 0.845. The Morgan fingerprint density at radius 3 is 1.14 bits per heavy atom. The van der Waals surface area contributed by atoms with Crippen molar-refractivity contribution in [2.75, 3.05) is 0 Å². The van der Waals surface area contributed by atoms with Gasteiger partial charge in [-0.2, -0.15) is 0 Å². The van der Waals surface area contributed by atoms with E-state index in [-0.39, 0.29) is 0 Å². The van der Waals surface area contributed by atoms with Crippen LogP contribution in [0.15, 0.2) is 191 Å². The molecular weight excluding hydrogens is 689 g/mol. The number of nitrogens with zero attached hydrogens (tertiary/aromatic N) is 4. The summed E-state index contributed by atoms with van der Waals surface area (Å²) < 4.78 is 17.3. The fraction of sp³-hybridized carbons (Fsp3) is 0. The predicted octanol–water partition coefficient (Wildman–Crippen LogP) is 13.2. The van der Waals surface area contributed by atoms with Crippen molar-refractivity contribution in [2.45, 2.75) is 0 Å². The lowest BCUT2D eigenvalue weighted by atomic mass is 10.0. The lowest BCUT2D eigenvalue weighted by Crippen LogP contribution is -1.97. The molecule has 56 heavy (non-hydrogen) atoms. The van der Waals surface area contributed by atoms with Crippen molar-refractivity contribution < 1.29 is 8.83 Å². The predicted molar refractivity (Wildman–Crippen MR) is 227 cm³/mol. The van der Waals surface area contributed by atoms with E-state index in [2.05, 4.69) is 167 Å². The van der Waals surface area contributed by atoms with Crippen LogP contribution in [0.5, 0.6) is 0 Å². The zero-order valence-electron chi connectivity index (χ0n) is 29.9. The molecule has 6 nitrogen and oxygen atoms in total. The van der Waals surface area contributed by atoms with E-state index in [1.165, 1.54) is 0 Å². The third-order valence-corrected chi connectivity index (χ3v) is 10.9. The van der Waals surface area contributed by atoms with Crippen molar-refractivity contribution >= 4 is 65.9 Å². The largest absolute Gasteiger partial charge is 0.456 e. The highest BCUT2D eigenvalue weighted by molar-refractivity contribution is 6.09. The Morgan fingerprint density at radius 2 is 0.696 bits per heavy atom. The van der Waals surface area contributed by atoms with Gasteiger partial charge in [-0.05, 0) is 96.1 Å². The van der Waals surface area contributed by atoms with E-state index in [0.29, 0.717) is 0 Å². The summed E-state index contributed by atoms with van der Waals surface area (Å²) in [6.45, 7) is 0. The Labute approximate surface area is 320 Å². The Morgan fingerprint density at radius 1 is 0.321 bits per heavy atom. The summed E-state index contributed by atoms with van der Waals surface area (Å²) in [5.74, 6) is 1.81. The highest BCUT2D eigenvalue weighted by Crippen LogP contribution is 2.39. The fourth-order valence-electron chi connectivity index (χ4n) is 8.30. The molecule has 0 aliphatic heterocycles. The molecule has 0 aliphatic rings. The van der Waals surface area contributed by atoms with Crippen LogP contribution < -0.4 is 0 Å². The maximum absolute atomic E-state index is 6.41. The highest BCUT2D eigenvalue weighted by Gasteiger charge is 2.19. The minimum Gasteiger partial charge on any atom is -0.456 e. The Kier molecular flexibility index (Phi) is 6.53. The Hall–Kier alpha value is -7.70.